The normalized spacial score (nSPS) is 10.4. The summed E-state index contributed by atoms with van der Waals surface area (Å²) in [5.74, 6) is 2.63. The molecule has 0 amide bonds. The van der Waals surface area contributed by atoms with Crippen LogP contribution < -0.4 is 4.74 Å². The van der Waals surface area contributed by atoms with Crippen LogP contribution in [0.3, 0.4) is 0 Å². The predicted octanol–water partition coefficient (Wildman–Crippen LogP) is 2.89. The van der Waals surface area contributed by atoms with Crippen LogP contribution in [0.25, 0.3) is 0 Å². The average Bonchev–Trinajstić information content (AvgIpc) is 2.83. The number of ether oxygens (including phenoxy) is 1. The number of aromatic nitrogens is 3. The summed E-state index contributed by atoms with van der Waals surface area (Å²) >= 11 is 1.65. The van der Waals surface area contributed by atoms with Crippen molar-refractivity contribution in [2.45, 2.75) is 25.1 Å². The summed E-state index contributed by atoms with van der Waals surface area (Å²) in [6.45, 7) is 2.56. The number of hydrogen-bond donors (Lipinski definition) is 1. The Morgan fingerprint density at radius 1 is 1.29 bits per heavy atom. The molecular weight excluding hydrogens is 234 g/mol. The number of benzene rings is 1. The first-order valence-electron chi connectivity index (χ1n) is 5.60. The van der Waals surface area contributed by atoms with Crippen molar-refractivity contribution >= 4 is 11.8 Å². The smallest absolute Gasteiger partial charge is 0.208 e. The van der Waals surface area contributed by atoms with Crippen LogP contribution in [0.1, 0.15) is 19.2 Å². The van der Waals surface area contributed by atoms with E-state index in [1.165, 1.54) is 0 Å². The second-order valence-corrected chi connectivity index (χ2v) is 4.58. The SMILES string of the molecule is CCCSc1n[nH]c(COc2ccccc2)n1. The average molecular weight is 249 g/mol. The van der Waals surface area contributed by atoms with Crippen LogP contribution in [0.4, 0.5) is 0 Å². The molecule has 0 bridgehead atoms. The van der Waals surface area contributed by atoms with Crippen molar-refractivity contribution in [2.75, 3.05) is 5.75 Å². The summed E-state index contributed by atoms with van der Waals surface area (Å²) in [6.07, 6.45) is 1.12. The molecule has 0 spiro atoms. The van der Waals surface area contributed by atoms with Gasteiger partial charge >= 0.3 is 0 Å². The fourth-order valence-corrected chi connectivity index (χ4v) is 1.94. The molecule has 0 saturated heterocycles. The number of H-pyrrole nitrogens is 1. The lowest BCUT2D eigenvalue weighted by Gasteiger charge is -2.02. The minimum atomic E-state index is 0.420. The van der Waals surface area contributed by atoms with Crippen molar-refractivity contribution in [3.8, 4) is 5.75 Å². The Labute approximate surface area is 105 Å². The van der Waals surface area contributed by atoms with Gasteiger partial charge in [0.2, 0.25) is 5.16 Å². The molecule has 90 valence electrons. The molecule has 5 heteroatoms. The topological polar surface area (TPSA) is 50.8 Å². The molecule has 0 saturated carbocycles. The van der Waals surface area contributed by atoms with Gasteiger partial charge in [0.15, 0.2) is 5.82 Å². The van der Waals surface area contributed by atoms with Crippen molar-refractivity contribution in [1.82, 2.24) is 15.2 Å². The zero-order chi connectivity index (χ0) is 11.9. The molecule has 0 aliphatic rings. The fourth-order valence-electron chi connectivity index (χ4n) is 1.27. The van der Waals surface area contributed by atoms with E-state index >= 15 is 0 Å². The first kappa shape index (κ1) is 12.0. The molecular formula is C12H15N3OS. The molecule has 2 aromatic rings. The van der Waals surface area contributed by atoms with E-state index in [1.54, 1.807) is 11.8 Å². The lowest BCUT2D eigenvalue weighted by molar-refractivity contribution is 0.296. The number of thioether (sulfide) groups is 1. The maximum absolute atomic E-state index is 5.57. The van der Waals surface area contributed by atoms with Gasteiger partial charge in [-0.3, -0.25) is 5.10 Å². The van der Waals surface area contributed by atoms with Crippen molar-refractivity contribution in [3.05, 3.63) is 36.2 Å². The molecule has 17 heavy (non-hydrogen) atoms. The summed E-state index contributed by atoms with van der Waals surface area (Å²) in [5, 5.41) is 7.78. The predicted molar refractivity (Wildman–Crippen MR) is 68.2 cm³/mol. The Balaban J connectivity index is 1.85. The Morgan fingerprint density at radius 2 is 2.12 bits per heavy atom. The summed E-state index contributed by atoms with van der Waals surface area (Å²) in [6, 6.07) is 9.68. The Bertz CT molecular complexity index is 444. The lowest BCUT2D eigenvalue weighted by atomic mass is 10.3. The van der Waals surface area contributed by atoms with Gasteiger partial charge in [-0.2, -0.15) is 0 Å². The van der Waals surface area contributed by atoms with Crippen molar-refractivity contribution < 1.29 is 4.74 Å². The van der Waals surface area contributed by atoms with Crippen molar-refractivity contribution in [2.24, 2.45) is 0 Å². The van der Waals surface area contributed by atoms with Crippen molar-refractivity contribution in [1.29, 1.82) is 0 Å². The van der Waals surface area contributed by atoms with Gasteiger partial charge in [-0.15, -0.1) is 5.10 Å². The summed E-state index contributed by atoms with van der Waals surface area (Å²) in [5.41, 5.74) is 0. The number of nitrogens with one attached hydrogen (secondary N) is 1. The first-order valence-corrected chi connectivity index (χ1v) is 6.59. The van der Waals surface area contributed by atoms with E-state index in [0.717, 1.165) is 28.9 Å². The second kappa shape index (κ2) is 6.30. The molecule has 1 N–H and O–H groups in total. The third-order valence-electron chi connectivity index (χ3n) is 2.07. The van der Waals surface area contributed by atoms with Crippen LogP contribution in [-0.4, -0.2) is 20.9 Å². The Morgan fingerprint density at radius 3 is 2.88 bits per heavy atom. The highest BCUT2D eigenvalue weighted by Gasteiger charge is 2.03. The molecule has 0 fully saturated rings. The van der Waals surface area contributed by atoms with Crippen LogP contribution in [-0.2, 0) is 6.61 Å². The fraction of sp³-hybridized carbons (Fsp3) is 0.333. The zero-order valence-corrected chi connectivity index (χ0v) is 10.5. The highest BCUT2D eigenvalue weighted by Crippen LogP contribution is 2.14. The molecule has 0 radical (unpaired) electrons. The zero-order valence-electron chi connectivity index (χ0n) is 9.72. The maximum atomic E-state index is 5.57. The Hall–Kier alpha value is -1.49. The quantitative estimate of drug-likeness (QED) is 0.800. The molecule has 1 aromatic heterocycles. The highest BCUT2D eigenvalue weighted by molar-refractivity contribution is 7.99. The van der Waals surface area contributed by atoms with Crippen LogP contribution in [0, 0.1) is 0 Å². The van der Waals surface area contributed by atoms with E-state index in [-0.39, 0.29) is 0 Å². The number of rotatable bonds is 6. The minimum Gasteiger partial charge on any atom is -0.486 e. The van der Waals surface area contributed by atoms with E-state index < -0.39 is 0 Å². The van der Waals surface area contributed by atoms with Crippen LogP contribution in [0.5, 0.6) is 5.75 Å². The monoisotopic (exact) mass is 249 g/mol. The number of hydrogen-bond acceptors (Lipinski definition) is 4. The molecule has 0 atom stereocenters. The molecule has 0 aliphatic heterocycles. The third-order valence-corrected chi connectivity index (χ3v) is 3.12. The number of nitrogens with zero attached hydrogens (tertiary/aromatic N) is 2. The van der Waals surface area contributed by atoms with Crippen molar-refractivity contribution in [3.63, 3.8) is 0 Å². The van der Waals surface area contributed by atoms with Gasteiger partial charge in [0, 0.05) is 5.75 Å². The Kier molecular flexibility index (Phi) is 4.44. The van der Waals surface area contributed by atoms with Gasteiger partial charge in [-0.25, -0.2) is 4.98 Å². The molecule has 4 nitrogen and oxygen atoms in total. The van der Waals surface area contributed by atoms with Gasteiger partial charge < -0.3 is 4.74 Å². The van der Waals surface area contributed by atoms with Gasteiger partial charge in [-0.05, 0) is 18.6 Å². The second-order valence-electron chi connectivity index (χ2n) is 3.51. The van der Waals surface area contributed by atoms with Gasteiger partial charge in [-0.1, -0.05) is 36.9 Å². The van der Waals surface area contributed by atoms with E-state index in [9.17, 15) is 0 Å². The maximum Gasteiger partial charge on any atom is 0.208 e. The van der Waals surface area contributed by atoms with Crippen LogP contribution >= 0.6 is 11.8 Å². The van der Waals surface area contributed by atoms with E-state index in [1.807, 2.05) is 30.3 Å². The standard InChI is InChI=1S/C12H15N3OS/c1-2-8-17-12-13-11(14-15-12)9-16-10-6-4-3-5-7-10/h3-7H,2,8-9H2,1H3,(H,13,14,15). The van der Waals surface area contributed by atoms with Crippen LogP contribution in [0.2, 0.25) is 0 Å². The van der Waals surface area contributed by atoms with E-state index in [0.29, 0.717) is 6.61 Å². The van der Waals surface area contributed by atoms with Gasteiger partial charge in [0.1, 0.15) is 12.4 Å². The third kappa shape index (κ3) is 3.78. The highest BCUT2D eigenvalue weighted by atomic mass is 32.2. The molecule has 0 aliphatic carbocycles. The van der Waals surface area contributed by atoms with Gasteiger partial charge in [0.25, 0.3) is 0 Å². The lowest BCUT2D eigenvalue weighted by Crippen LogP contribution is -1.97. The largest absolute Gasteiger partial charge is 0.486 e. The molecule has 2 rings (SSSR count). The summed E-state index contributed by atoms with van der Waals surface area (Å²) < 4.78 is 5.57. The first-order chi connectivity index (χ1) is 8.38. The summed E-state index contributed by atoms with van der Waals surface area (Å²) in [4.78, 5) is 4.33. The van der Waals surface area contributed by atoms with Gasteiger partial charge in [0.05, 0.1) is 0 Å². The van der Waals surface area contributed by atoms with Crippen LogP contribution in [0.15, 0.2) is 35.5 Å². The van der Waals surface area contributed by atoms with E-state index in [4.69, 9.17) is 4.74 Å². The number of para-hydroxylation sites is 1. The van der Waals surface area contributed by atoms with E-state index in [2.05, 4.69) is 22.1 Å². The molecule has 1 heterocycles. The molecule has 0 unspecified atom stereocenters. The summed E-state index contributed by atoms with van der Waals surface area (Å²) in [7, 11) is 0. The minimum absolute atomic E-state index is 0.420. The molecule has 1 aromatic carbocycles. The number of aromatic amines is 1.